The van der Waals surface area contributed by atoms with Crippen molar-refractivity contribution in [2.24, 2.45) is 0 Å². The van der Waals surface area contributed by atoms with Gasteiger partial charge in [0.05, 0.1) is 12.2 Å². The summed E-state index contributed by atoms with van der Waals surface area (Å²) in [6, 6.07) is 0. The number of carbonyl (C=O) groups excluding carboxylic acids is 1. The summed E-state index contributed by atoms with van der Waals surface area (Å²) in [7, 11) is 0. The van der Waals surface area contributed by atoms with Crippen molar-refractivity contribution in [2.45, 2.75) is 25.8 Å². The highest BCUT2D eigenvalue weighted by Crippen LogP contribution is 2.18. The first kappa shape index (κ1) is 10.9. The van der Waals surface area contributed by atoms with Crippen LogP contribution in [0, 0.1) is 0 Å². The van der Waals surface area contributed by atoms with Crippen molar-refractivity contribution in [2.75, 3.05) is 25.2 Å². The molecule has 0 aliphatic carbocycles. The molecule has 1 amide bonds. The van der Waals surface area contributed by atoms with Gasteiger partial charge < -0.3 is 4.90 Å². The van der Waals surface area contributed by atoms with Gasteiger partial charge in [-0.15, -0.1) is 0 Å². The highest BCUT2D eigenvalue weighted by Gasteiger charge is 2.40. The van der Waals surface area contributed by atoms with E-state index in [2.05, 4.69) is 11.6 Å². The largest absolute Gasteiger partial charge is 0.327 e. The Morgan fingerprint density at radius 1 is 1.69 bits per heavy atom. The van der Waals surface area contributed by atoms with Gasteiger partial charge in [-0.1, -0.05) is 6.92 Å². The zero-order valence-electron chi connectivity index (χ0n) is 8.59. The van der Waals surface area contributed by atoms with Gasteiger partial charge in [-0.05, 0) is 19.6 Å². The highest BCUT2D eigenvalue weighted by molar-refractivity contribution is 7.98. The third-order valence-corrected chi connectivity index (χ3v) is 3.28. The second-order valence-corrected chi connectivity index (χ2v) is 4.57. The minimum Gasteiger partial charge on any atom is -0.327 e. The first-order valence-electron chi connectivity index (χ1n) is 4.67. The fourth-order valence-corrected chi connectivity index (χ4v) is 1.83. The van der Waals surface area contributed by atoms with Gasteiger partial charge in [0.15, 0.2) is 0 Å². The van der Waals surface area contributed by atoms with Crippen LogP contribution in [0.1, 0.15) is 20.3 Å². The Labute approximate surface area is 84.2 Å². The fourth-order valence-electron chi connectivity index (χ4n) is 1.42. The topological polar surface area (TPSA) is 32.3 Å². The molecule has 0 aromatic carbocycles. The van der Waals surface area contributed by atoms with Crippen LogP contribution in [0.25, 0.3) is 0 Å². The number of thioether (sulfide) groups is 1. The van der Waals surface area contributed by atoms with Crippen LogP contribution in [-0.4, -0.2) is 41.6 Å². The van der Waals surface area contributed by atoms with Gasteiger partial charge in [-0.3, -0.25) is 10.1 Å². The summed E-state index contributed by atoms with van der Waals surface area (Å²) >= 11 is 1.78. The third kappa shape index (κ3) is 2.17. The third-order valence-electron chi connectivity index (χ3n) is 2.69. The number of nitrogens with zero attached hydrogens (tertiary/aromatic N) is 1. The second kappa shape index (κ2) is 4.33. The molecule has 1 unspecified atom stereocenters. The molecule has 0 saturated carbocycles. The Bertz CT molecular complexity index is 196. The lowest BCUT2D eigenvalue weighted by atomic mass is 10.00. The molecule has 1 heterocycles. The van der Waals surface area contributed by atoms with Gasteiger partial charge in [-0.2, -0.15) is 11.8 Å². The molecule has 1 rings (SSSR count). The zero-order valence-corrected chi connectivity index (χ0v) is 9.41. The molecule has 3 nitrogen and oxygen atoms in total. The predicted octanol–water partition coefficient (Wildman–Crippen LogP) is 0.907. The number of amides is 1. The van der Waals surface area contributed by atoms with Crippen LogP contribution in [0.15, 0.2) is 0 Å². The van der Waals surface area contributed by atoms with Crippen LogP contribution in [0.2, 0.25) is 0 Å². The van der Waals surface area contributed by atoms with E-state index in [-0.39, 0.29) is 11.4 Å². The van der Waals surface area contributed by atoms with Gasteiger partial charge in [0.1, 0.15) is 0 Å². The van der Waals surface area contributed by atoms with Gasteiger partial charge in [0.25, 0.3) is 0 Å². The summed E-state index contributed by atoms with van der Waals surface area (Å²) in [5, 5.41) is 3.26. The van der Waals surface area contributed by atoms with Crippen molar-refractivity contribution in [3.63, 3.8) is 0 Å². The van der Waals surface area contributed by atoms with E-state index < -0.39 is 0 Å². The Hall–Kier alpha value is -0.220. The first-order valence-corrected chi connectivity index (χ1v) is 6.07. The molecule has 1 fully saturated rings. The number of rotatable bonds is 4. The summed E-state index contributed by atoms with van der Waals surface area (Å²) in [4.78, 5) is 13.7. The van der Waals surface area contributed by atoms with E-state index >= 15 is 0 Å². The molecule has 0 bridgehead atoms. The van der Waals surface area contributed by atoms with E-state index in [1.165, 1.54) is 0 Å². The normalized spacial score (nSPS) is 28.5. The van der Waals surface area contributed by atoms with Crippen molar-refractivity contribution in [1.82, 2.24) is 10.2 Å². The number of nitrogens with one attached hydrogen (secondary N) is 1. The molecule has 0 aromatic rings. The summed E-state index contributed by atoms with van der Waals surface area (Å²) in [5.74, 6) is 1.27. The second-order valence-electron chi connectivity index (χ2n) is 3.58. The molecule has 0 aromatic heterocycles. The Morgan fingerprint density at radius 2 is 2.38 bits per heavy atom. The Balaban J connectivity index is 2.50. The summed E-state index contributed by atoms with van der Waals surface area (Å²) in [6.07, 6.45) is 2.93. The van der Waals surface area contributed by atoms with Crippen molar-refractivity contribution in [3.8, 4) is 0 Å². The molecular weight excluding hydrogens is 184 g/mol. The van der Waals surface area contributed by atoms with E-state index in [1.54, 1.807) is 11.8 Å². The predicted molar refractivity (Wildman–Crippen MR) is 56.8 cm³/mol. The molecule has 0 spiro atoms. The monoisotopic (exact) mass is 202 g/mol. The molecule has 1 atom stereocenters. The summed E-state index contributed by atoms with van der Waals surface area (Å²) in [6.45, 7) is 5.60. The molecule has 1 N–H and O–H groups in total. The maximum atomic E-state index is 11.8. The molecule has 1 aliphatic heterocycles. The molecule has 4 heteroatoms. The zero-order chi connectivity index (χ0) is 9.90. The van der Waals surface area contributed by atoms with Crippen LogP contribution < -0.4 is 5.32 Å². The van der Waals surface area contributed by atoms with Crippen LogP contribution in [0.4, 0.5) is 0 Å². The first-order chi connectivity index (χ1) is 6.14. The lowest BCUT2D eigenvalue weighted by Crippen LogP contribution is -2.43. The van der Waals surface area contributed by atoms with Crippen molar-refractivity contribution in [1.29, 1.82) is 0 Å². The molecule has 13 heavy (non-hydrogen) atoms. The highest BCUT2D eigenvalue weighted by atomic mass is 32.2. The number of hydrogen-bond acceptors (Lipinski definition) is 3. The molecule has 1 aliphatic rings. The lowest BCUT2D eigenvalue weighted by molar-refractivity contribution is -0.131. The maximum absolute atomic E-state index is 11.8. The molecule has 0 radical (unpaired) electrons. The molecule has 76 valence electrons. The van der Waals surface area contributed by atoms with Gasteiger partial charge in [-0.25, -0.2) is 0 Å². The minimum atomic E-state index is -0.307. The molecule has 1 saturated heterocycles. The SMILES string of the molecule is CCC1(C)NCN(CCSC)C1=O. The van der Waals surface area contributed by atoms with Crippen molar-refractivity contribution < 1.29 is 4.79 Å². The quantitative estimate of drug-likeness (QED) is 0.735. The van der Waals surface area contributed by atoms with Crippen LogP contribution in [0.3, 0.4) is 0 Å². The van der Waals surface area contributed by atoms with Crippen LogP contribution in [0.5, 0.6) is 0 Å². The van der Waals surface area contributed by atoms with Crippen LogP contribution >= 0.6 is 11.8 Å². The average Bonchev–Trinajstić information content (AvgIpc) is 2.43. The summed E-state index contributed by atoms with van der Waals surface area (Å²) in [5.41, 5.74) is -0.307. The van der Waals surface area contributed by atoms with Gasteiger partial charge in [0, 0.05) is 12.3 Å². The smallest absolute Gasteiger partial charge is 0.243 e. The van der Waals surface area contributed by atoms with Crippen molar-refractivity contribution in [3.05, 3.63) is 0 Å². The van der Waals surface area contributed by atoms with Crippen molar-refractivity contribution >= 4 is 17.7 Å². The lowest BCUT2D eigenvalue weighted by Gasteiger charge is -2.20. The fraction of sp³-hybridized carbons (Fsp3) is 0.889. The van der Waals surface area contributed by atoms with E-state index in [9.17, 15) is 4.79 Å². The van der Waals surface area contributed by atoms with E-state index in [4.69, 9.17) is 0 Å². The number of carbonyl (C=O) groups is 1. The van der Waals surface area contributed by atoms with Gasteiger partial charge >= 0.3 is 0 Å². The Morgan fingerprint density at radius 3 is 2.85 bits per heavy atom. The van der Waals surface area contributed by atoms with E-state index in [1.807, 2.05) is 18.7 Å². The minimum absolute atomic E-state index is 0.254. The van der Waals surface area contributed by atoms with E-state index in [0.29, 0.717) is 6.67 Å². The summed E-state index contributed by atoms with van der Waals surface area (Å²) < 4.78 is 0. The maximum Gasteiger partial charge on any atom is 0.243 e. The van der Waals surface area contributed by atoms with Gasteiger partial charge in [0.2, 0.25) is 5.91 Å². The van der Waals surface area contributed by atoms with E-state index in [0.717, 1.165) is 18.7 Å². The number of hydrogen-bond donors (Lipinski definition) is 1. The standard InChI is InChI=1S/C9H18N2OS/c1-4-9(2)8(12)11(7-10-9)5-6-13-3/h10H,4-7H2,1-3H3. The van der Waals surface area contributed by atoms with Crippen LogP contribution in [-0.2, 0) is 4.79 Å². The Kier molecular flexibility index (Phi) is 3.62. The molecular formula is C9H18N2OS. The average molecular weight is 202 g/mol.